The molecule has 28 heavy (non-hydrogen) atoms. The molecule has 3 aromatic rings. The van der Waals surface area contributed by atoms with Crippen LogP contribution in [0.2, 0.25) is 0 Å². The number of rotatable bonds is 6. The van der Waals surface area contributed by atoms with Gasteiger partial charge in [0.15, 0.2) is 24.1 Å². The lowest BCUT2D eigenvalue weighted by Crippen LogP contribution is -2.22. The van der Waals surface area contributed by atoms with Crippen molar-refractivity contribution in [3.63, 3.8) is 0 Å². The van der Waals surface area contributed by atoms with Crippen molar-refractivity contribution in [1.82, 2.24) is 0 Å². The number of ether oxygens (including phenoxy) is 1. The van der Waals surface area contributed by atoms with Gasteiger partial charge in [-0.1, -0.05) is 30.3 Å². The molecule has 0 spiro atoms. The SMILES string of the molecule is O=C(COC(=O)CSc1ccc2ccccc2c1)Nc1ccc(F)c(F)c1F. The highest BCUT2D eigenvalue weighted by molar-refractivity contribution is 8.00. The monoisotopic (exact) mass is 405 g/mol. The lowest BCUT2D eigenvalue weighted by Gasteiger charge is -2.08. The van der Waals surface area contributed by atoms with Crippen LogP contribution in [0.4, 0.5) is 18.9 Å². The summed E-state index contributed by atoms with van der Waals surface area (Å²) in [5.74, 6) is -6.11. The van der Waals surface area contributed by atoms with Crippen LogP contribution in [0.1, 0.15) is 0 Å². The molecule has 4 nitrogen and oxygen atoms in total. The highest BCUT2D eigenvalue weighted by Gasteiger charge is 2.16. The quantitative estimate of drug-likeness (QED) is 0.372. The van der Waals surface area contributed by atoms with Crippen molar-refractivity contribution in [2.45, 2.75) is 4.90 Å². The number of hydrogen-bond donors (Lipinski definition) is 1. The Kier molecular flexibility index (Phi) is 6.20. The van der Waals surface area contributed by atoms with E-state index in [0.717, 1.165) is 21.7 Å². The molecule has 1 amide bonds. The molecule has 0 saturated heterocycles. The minimum absolute atomic E-state index is 0.0227. The first kappa shape index (κ1) is 19.8. The van der Waals surface area contributed by atoms with Crippen molar-refractivity contribution in [3.05, 3.63) is 72.0 Å². The summed E-state index contributed by atoms with van der Waals surface area (Å²) in [6.07, 6.45) is 0. The topological polar surface area (TPSA) is 55.4 Å². The Balaban J connectivity index is 1.48. The molecule has 8 heteroatoms. The number of nitrogens with one attached hydrogen (secondary N) is 1. The van der Waals surface area contributed by atoms with E-state index in [2.05, 4.69) is 0 Å². The molecule has 0 atom stereocenters. The van der Waals surface area contributed by atoms with E-state index in [1.807, 2.05) is 47.8 Å². The van der Waals surface area contributed by atoms with E-state index >= 15 is 0 Å². The molecule has 0 aliphatic carbocycles. The van der Waals surface area contributed by atoms with Crippen LogP contribution in [0.25, 0.3) is 10.8 Å². The molecule has 0 fully saturated rings. The number of halogens is 3. The summed E-state index contributed by atoms with van der Waals surface area (Å²) >= 11 is 1.25. The number of amides is 1. The Morgan fingerprint density at radius 3 is 2.46 bits per heavy atom. The van der Waals surface area contributed by atoms with Gasteiger partial charge >= 0.3 is 5.97 Å². The van der Waals surface area contributed by atoms with Crippen molar-refractivity contribution >= 4 is 40.1 Å². The molecule has 0 bridgehead atoms. The molecule has 0 aliphatic heterocycles. The fourth-order valence-corrected chi connectivity index (χ4v) is 3.14. The molecule has 0 aromatic heterocycles. The van der Waals surface area contributed by atoms with E-state index in [1.165, 1.54) is 11.8 Å². The first-order valence-electron chi connectivity index (χ1n) is 8.14. The molecule has 0 unspecified atom stereocenters. The predicted octanol–water partition coefficient (Wildman–Crippen LogP) is 4.53. The van der Waals surface area contributed by atoms with Gasteiger partial charge in [0.25, 0.3) is 5.91 Å². The Hall–Kier alpha value is -3.00. The molecule has 0 radical (unpaired) electrons. The van der Waals surface area contributed by atoms with Crippen molar-refractivity contribution in [3.8, 4) is 0 Å². The number of thioether (sulfide) groups is 1. The standard InChI is InChI=1S/C20H14F3NO3S/c21-15-7-8-16(20(23)19(15)22)24-17(25)10-27-18(26)11-28-14-6-5-12-3-1-2-4-13(12)9-14/h1-9H,10-11H2,(H,24,25). The third-order valence-corrected chi connectivity index (χ3v) is 4.72. The van der Waals surface area contributed by atoms with Crippen molar-refractivity contribution in [2.75, 3.05) is 17.7 Å². The van der Waals surface area contributed by atoms with Crippen molar-refractivity contribution in [2.24, 2.45) is 0 Å². The number of hydrogen-bond acceptors (Lipinski definition) is 4. The Morgan fingerprint density at radius 1 is 0.929 bits per heavy atom. The number of benzene rings is 3. The lowest BCUT2D eigenvalue weighted by atomic mass is 10.1. The Bertz CT molecular complexity index is 1040. The van der Waals surface area contributed by atoms with Crippen LogP contribution in [0.15, 0.2) is 59.5 Å². The summed E-state index contributed by atoms with van der Waals surface area (Å²) in [6.45, 7) is -0.671. The van der Waals surface area contributed by atoms with Crippen LogP contribution < -0.4 is 5.32 Å². The summed E-state index contributed by atoms with van der Waals surface area (Å²) in [5.41, 5.74) is -0.537. The van der Waals surface area contributed by atoms with Gasteiger partial charge in [0, 0.05) is 4.90 Å². The van der Waals surface area contributed by atoms with Gasteiger partial charge in [-0.05, 0) is 35.0 Å². The van der Waals surface area contributed by atoms with E-state index in [0.29, 0.717) is 6.07 Å². The van der Waals surface area contributed by atoms with Crippen LogP contribution in [-0.4, -0.2) is 24.2 Å². The first-order valence-corrected chi connectivity index (χ1v) is 9.13. The number of anilines is 1. The average Bonchev–Trinajstić information content (AvgIpc) is 2.71. The van der Waals surface area contributed by atoms with Crippen molar-refractivity contribution < 1.29 is 27.5 Å². The second-order valence-electron chi connectivity index (χ2n) is 5.73. The van der Waals surface area contributed by atoms with Gasteiger partial charge in [0.05, 0.1) is 11.4 Å². The molecular weight excluding hydrogens is 391 g/mol. The number of esters is 1. The lowest BCUT2D eigenvalue weighted by molar-refractivity contribution is -0.144. The van der Waals surface area contributed by atoms with Gasteiger partial charge in [-0.15, -0.1) is 11.8 Å². The maximum Gasteiger partial charge on any atom is 0.316 e. The molecule has 0 saturated carbocycles. The zero-order chi connectivity index (χ0) is 20.1. The van der Waals surface area contributed by atoms with Crippen LogP contribution in [0.5, 0.6) is 0 Å². The fraction of sp³-hybridized carbons (Fsp3) is 0.100. The second kappa shape index (κ2) is 8.79. The van der Waals surface area contributed by atoms with E-state index < -0.39 is 41.6 Å². The fourth-order valence-electron chi connectivity index (χ4n) is 2.40. The zero-order valence-electron chi connectivity index (χ0n) is 14.4. The normalized spacial score (nSPS) is 10.7. The third-order valence-electron chi connectivity index (χ3n) is 3.75. The third kappa shape index (κ3) is 4.83. The molecule has 3 aromatic carbocycles. The largest absolute Gasteiger partial charge is 0.455 e. The predicted molar refractivity (Wildman–Crippen MR) is 101 cm³/mol. The Labute approximate surface area is 162 Å². The molecule has 3 rings (SSSR count). The molecule has 144 valence electrons. The van der Waals surface area contributed by atoms with Gasteiger partial charge in [-0.3, -0.25) is 9.59 Å². The van der Waals surface area contributed by atoms with E-state index in [-0.39, 0.29) is 5.75 Å². The summed E-state index contributed by atoms with van der Waals surface area (Å²) in [5, 5.41) is 4.14. The summed E-state index contributed by atoms with van der Waals surface area (Å²) in [4.78, 5) is 24.4. The molecular formula is C20H14F3NO3S. The van der Waals surface area contributed by atoms with Gasteiger partial charge in [-0.2, -0.15) is 0 Å². The summed E-state index contributed by atoms with van der Waals surface area (Å²) < 4.78 is 44.3. The first-order chi connectivity index (χ1) is 13.4. The highest BCUT2D eigenvalue weighted by Crippen LogP contribution is 2.24. The molecule has 0 heterocycles. The van der Waals surface area contributed by atoms with Crippen LogP contribution in [-0.2, 0) is 14.3 Å². The zero-order valence-corrected chi connectivity index (χ0v) is 15.2. The summed E-state index contributed by atoms with van der Waals surface area (Å²) in [7, 11) is 0. The van der Waals surface area contributed by atoms with E-state index in [1.54, 1.807) is 0 Å². The second-order valence-corrected chi connectivity index (χ2v) is 6.78. The maximum atomic E-state index is 13.5. The van der Waals surface area contributed by atoms with Gasteiger partial charge in [0.1, 0.15) is 0 Å². The number of fused-ring (bicyclic) bond motifs is 1. The number of carbonyl (C=O) groups is 2. The van der Waals surface area contributed by atoms with Crippen LogP contribution in [0, 0.1) is 17.5 Å². The number of carbonyl (C=O) groups excluding carboxylic acids is 2. The van der Waals surface area contributed by atoms with Crippen LogP contribution in [0.3, 0.4) is 0 Å². The van der Waals surface area contributed by atoms with E-state index in [9.17, 15) is 22.8 Å². The van der Waals surface area contributed by atoms with Gasteiger partial charge < -0.3 is 10.1 Å². The minimum Gasteiger partial charge on any atom is -0.455 e. The van der Waals surface area contributed by atoms with Gasteiger partial charge in [-0.25, -0.2) is 13.2 Å². The van der Waals surface area contributed by atoms with Gasteiger partial charge in [0.2, 0.25) is 0 Å². The minimum atomic E-state index is -1.69. The summed E-state index contributed by atoms with van der Waals surface area (Å²) in [6, 6.07) is 15.1. The Morgan fingerprint density at radius 2 is 1.68 bits per heavy atom. The maximum absolute atomic E-state index is 13.5. The van der Waals surface area contributed by atoms with Crippen LogP contribution >= 0.6 is 11.8 Å². The van der Waals surface area contributed by atoms with E-state index in [4.69, 9.17) is 4.74 Å². The smallest absolute Gasteiger partial charge is 0.316 e. The molecule has 0 aliphatic rings. The highest BCUT2D eigenvalue weighted by atomic mass is 32.2. The molecule has 1 N–H and O–H groups in total. The average molecular weight is 405 g/mol. The van der Waals surface area contributed by atoms with Crippen molar-refractivity contribution in [1.29, 1.82) is 0 Å².